The van der Waals surface area contributed by atoms with Gasteiger partial charge in [-0.25, -0.2) is 9.97 Å². The molecule has 2 aromatic heterocycles. The maximum atomic E-state index is 12.8. The normalized spacial score (nSPS) is 20.6. The maximum Gasteiger partial charge on any atom is 0.274 e. The summed E-state index contributed by atoms with van der Waals surface area (Å²) in [6.07, 6.45) is 2.06. The monoisotopic (exact) mass is 329 g/mol. The molecule has 0 aliphatic carbocycles. The number of H-pyrrole nitrogens is 1. The number of carbonyl (C=O) groups excluding carboxylic acids is 1. The fourth-order valence-electron chi connectivity index (χ4n) is 3.45. The van der Waals surface area contributed by atoms with E-state index in [9.17, 15) is 9.59 Å². The fourth-order valence-corrected chi connectivity index (χ4v) is 3.45. The lowest BCUT2D eigenvalue weighted by Gasteiger charge is -2.23. The minimum Gasteiger partial charge on any atom is -0.334 e. The van der Waals surface area contributed by atoms with Gasteiger partial charge >= 0.3 is 0 Å². The van der Waals surface area contributed by atoms with Crippen molar-refractivity contribution in [3.63, 3.8) is 0 Å². The van der Waals surface area contributed by atoms with Crippen LogP contribution < -0.4 is 5.56 Å². The van der Waals surface area contributed by atoms with Gasteiger partial charge in [0.2, 0.25) is 0 Å². The van der Waals surface area contributed by atoms with E-state index in [1.54, 1.807) is 0 Å². The summed E-state index contributed by atoms with van der Waals surface area (Å²) in [6, 6.07) is 3.35. The Kier molecular flexibility index (Phi) is 4.26. The van der Waals surface area contributed by atoms with Crippen LogP contribution >= 0.6 is 0 Å². The third-order valence-corrected chi connectivity index (χ3v) is 4.82. The lowest BCUT2D eigenvalue weighted by molar-refractivity contribution is 0.0725. The number of aryl methyl sites for hydroxylation is 2. The largest absolute Gasteiger partial charge is 0.334 e. The number of hydrogen-bond acceptors (Lipinski definition) is 4. The van der Waals surface area contributed by atoms with Crippen molar-refractivity contribution in [3.05, 3.63) is 39.6 Å². The zero-order valence-corrected chi connectivity index (χ0v) is 14.5. The highest BCUT2D eigenvalue weighted by Gasteiger charge is 2.34. The number of amides is 1. The number of rotatable bonds is 3. The molecule has 2 unspecified atom stereocenters. The van der Waals surface area contributed by atoms with Gasteiger partial charge in [0.05, 0.1) is 0 Å². The molecule has 0 spiro atoms. The molecular formula is C17H23N5O2. The smallest absolute Gasteiger partial charge is 0.274 e. The topological polar surface area (TPSA) is 83.9 Å². The summed E-state index contributed by atoms with van der Waals surface area (Å²) < 4.78 is 1.23. The molecule has 2 aromatic rings. The summed E-state index contributed by atoms with van der Waals surface area (Å²) in [5.74, 6) is 0.640. The molecule has 1 N–H and O–H groups in total. The Balaban J connectivity index is 1.92. The summed E-state index contributed by atoms with van der Waals surface area (Å²) in [7, 11) is 0. The van der Waals surface area contributed by atoms with Gasteiger partial charge in [0, 0.05) is 30.0 Å². The highest BCUT2D eigenvalue weighted by atomic mass is 16.2. The Morgan fingerprint density at radius 2 is 1.96 bits per heavy atom. The maximum absolute atomic E-state index is 12.8. The SMILES string of the molecule is CCC1CCN(C(=O)c2cc(=O)n(-c3nc(C)cc(C)n3)[nH]2)C1C. The zero-order chi connectivity index (χ0) is 17.4. The molecule has 0 bridgehead atoms. The number of aromatic amines is 1. The number of aromatic nitrogens is 4. The average Bonchev–Trinajstić information content (AvgIpc) is 3.08. The van der Waals surface area contributed by atoms with E-state index < -0.39 is 0 Å². The highest BCUT2D eigenvalue weighted by molar-refractivity contribution is 5.92. The summed E-state index contributed by atoms with van der Waals surface area (Å²) in [5, 5.41) is 2.87. The summed E-state index contributed by atoms with van der Waals surface area (Å²) in [6.45, 7) is 8.63. The van der Waals surface area contributed by atoms with Gasteiger partial charge in [-0.3, -0.25) is 14.7 Å². The third kappa shape index (κ3) is 2.86. The number of nitrogens with zero attached hydrogens (tertiary/aromatic N) is 4. The fraction of sp³-hybridized carbons (Fsp3) is 0.529. The van der Waals surface area contributed by atoms with Crippen molar-refractivity contribution in [1.29, 1.82) is 0 Å². The number of likely N-dealkylation sites (tertiary alicyclic amines) is 1. The van der Waals surface area contributed by atoms with Crippen LogP contribution in [0.3, 0.4) is 0 Å². The predicted molar refractivity (Wildman–Crippen MR) is 90.4 cm³/mol. The molecule has 2 atom stereocenters. The van der Waals surface area contributed by atoms with E-state index in [2.05, 4.69) is 28.9 Å². The van der Waals surface area contributed by atoms with E-state index in [1.165, 1.54) is 10.7 Å². The molecule has 0 radical (unpaired) electrons. The number of nitrogens with one attached hydrogen (secondary N) is 1. The predicted octanol–water partition coefficient (Wildman–Crippen LogP) is 1.83. The minimum atomic E-state index is -0.331. The van der Waals surface area contributed by atoms with Crippen LogP contribution in [0, 0.1) is 19.8 Å². The molecule has 7 heteroatoms. The number of carbonyl (C=O) groups is 1. The van der Waals surface area contributed by atoms with E-state index >= 15 is 0 Å². The third-order valence-electron chi connectivity index (χ3n) is 4.82. The van der Waals surface area contributed by atoms with Crippen LogP contribution in [0.4, 0.5) is 0 Å². The summed E-state index contributed by atoms with van der Waals surface area (Å²) in [5.41, 5.74) is 1.49. The molecule has 0 saturated carbocycles. The van der Waals surface area contributed by atoms with Crippen molar-refractivity contribution in [2.24, 2.45) is 5.92 Å². The van der Waals surface area contributed by atoms with Crippen LogP contribution in [0.25, 0.3) is 5.95 Å². The van der Waals surface area contributed by atoms with Crippen LogP contribution in [0.2, 0.25) is 0 Å². The Morgan fingerprint density at radius 1 is 1.29 bits per heavy atom. The molecule has 0 aromatic carbocycles. The molecule has 24 heavy (non-hydrogen) atoms. The van der Waals surface area contributed by atoms with E-state index in [-0.39, 0.29) is 29.2 Å². The minimum absolute atomic E-state index is 0.140. The Morgan fingerprint density at radius 3 is 2.54 bits per heavy atom. The van der Waals surface area contributed by atoms with Gasteiger partial charge in [-0.2, -0.15) is 4.68 Å². The van der Waals surface area contributed by atoms with Crippen molar-refractivity contribution in [1.82, 2.24) is 24.6 Å². The van der Waals surface area contributed by atoms with Gasteiger partial charge in [-0.15, -0.1) is 0 Å². The average molecular weight is 329 g/mol. The number of hydrogen-bond donors (Lipinski definition) is 1. The van der Waals surface area contributed by atoms with Crippen molar-refractivity contribution in [2.75, 3.05) is 6.54 Å². The van der Waals surface area contributed by atoms with Crippen LogP contribution in [0.15, 0.2) is 16.9 Å². The van der Waals surface area contributed by atoms with Gasteiger partial charge in [-0.1, -0.05) is 13.3 Å². The molecule has 1 fully saturated rings. The molecule has 1 amide bonds. The van der Waals surface area contributed by atoms with Gasteiger partial charge in [0.15, 0.2) is 0 Å². The van der Waals surface area contributed by atoms with Crippen LogP contribution in [-0.2, 0) is 0 Å². The van der Waals surface area contributed by atoms with Crippen LogP contribution in [0.1, 0.15) is 48.6 Å². The Bertz CT molecular complexity index is 802. The second-order valence-corrected chi connectivity index (χ2v) is 6.49. The molecule has 1 aliphatic rings. The van der Waals surface area contributed by atoms with Gasteiger partial charge in [0.1, 0.15) is 5.69 Å². The first-order valence-electron chi connectivity index (χ1n) is 8.36. The quantitative estimate of drug-likeness (QED) is 0.931. The molecular weight excluding hydrogens is 306 g/mol. The van der Waals surface area contributed by atoms with Crippen molar-refractivity contribution in [2.45, 2.75) is 46.6 Å². The highest BCUT2D eigenvalue weighted by Crippen LogP contribution is 2.27. The standard InChI is InChI=1S/C17H23N5O2/c1-5-13-6-7-21(12(13)4)16(24)14-9-15(23)22(20-14)17-18-10(2)8-11(3)19-17/h8-9,12-13,20H,5-7H2,1-4H3. The van der Waals surface area contributed by atoms with E-state index in [0.29, 0.717) is 5.92 Å². The molecule has 7 nitrogen and oxygen atoms in total. The van der Waals surface area contributed by atoms with E-state index in [4.69, 9.17) is 0 Å². The molecule has 1 saturated heterocycles. The molecule has 128 valence electrons. The summed E-state index contributed by atoms with van der Waals surface area (Å²) in [4.78, 5) is 35.4. The van der Waals surface area contributed by atoms with Crippen LogP contribution in [-0.4, -0.2) is 43.1 Å². The van der Waals surface area contributed by atoms with Gasteiger partial charge < -0.3 is 4.90 Å². The van der Waals surface area contributed by atoms with Crippen molar-refractivity contribution < 1.29 is 4.79 Å². The second kappa shape index (κ2) is 6.22. The molecule has 1 aliphatic heterocycles. The first kappa shape index (κ1) is 16.4. The summed E-state index contributed by atoms with van der Waals surface area (Å²) >= 11 is 0. The molecule has 3 rings (SSSR count). The first-order valence-corrected chi connectivity index (χ1v) is 8.36. The van der Waals surface area contributed by atoms with Gasteiger partial charge in [-0.05, 0) is 39.2 Å². The second-order valence-electron chi connectivity index (χ2n) is 6.49. The van der Waals surface area contributed by atoms with Crippen LogP contribution in [0.5, 0.6) is 0 Å². The van der Waals surface area contributed by atoms with Gasteiger partial charge in [0.25, 0.3) is 17.4 Å². The van der Waals surface area contributed by atoms with Crippen molar-refractivity contribution in [3.8, 4) is 5.95 Å². The zero-order valence-electron chi connectivity index (χ0n) is 14.5. The first-order chi connectivity index (χ1) is 11.4. The lowest BCUT2D eigenvalue weighted by atomic mass is 9.99. The lowest BCUT2D eigenvalue weighted by Crippen LogP contribution is -2.36. The molecule has 3 heterocycles. The van der Waals surface area contributed by atoms with E-state index in [1.807, 2.05) is 24.8 Å². The Labute approximate surface area is 140 Å². The van der Waals surface area contributed by atoms with Crippen molar-refractivity contribution >= 4 is 5.91 Å². The van der Waals surface area contributed by atoms with E-state index in [0.717, 1.165) is 30.8 Å². The Hall–Kier alpha value is -2.44.